The third-order valence-corrected chi connectivity index (χ3v) is 2.46. The van der Waals surface area contributed by atoms with E-state index in [0.29, 0.717) is 5.41 Å². The number of nitrogens with one attached hydrogen (secondary N) is 1. The van der Waals surface area contributed by atoms with Gasteiger partial charge in [-0.1, -0.05) is 53.9 Å². The topological polar surface area (TPSA) is 12.0 Å². The van der Waals surface area contributed by atoms with Gasteiger partial charge in [0.1, 0.15) is 0 Å². The Morgan fingerprint density at radius 3 is 2.07 bits per heavy atom. The van der Waals surface area contributed by atoms with E-state index >= 15 is 0 Å². The highest BCUT2D eigenvalue weighted by Crippen LogP contribution is 2.13. The molecule has 86 valence electrons. The molecule has 14 heavy (non-hydrogen) atoms. The average Bonchev–Trinajstić information content (AvgIpc) is 2.08. The van der Waals surface area contributed by atoms with E-state index in [1.807, 2.05) is 0 Å². The summed E-state index contributed by atoms with van der Waals surface area (Å²) < 4.78 is 0. The first-order valence-corrected chi connectivity index (χ1v) is 6.23. The first kappa shape index (κ1) is 14.0. The molecule has 0 saturated heterocycles. The van der Waals surface area contributed by atoms with Gasteiger partial charge in [0.2, 0.25) is 0 Å². The van der Waals surface area contributed by atoms with E-state index in [1.54, 1.807) is 0 Å². The summed E-state index contributed by atoms with van der Waals surface area (Å²) in [5, 5.41) is 3.70. The quantitative estimate of drug-likeness (QED) is 0.654. The zero-order valence-electron chi connectivity index (χ0n) is 10.8. The van der Waals surface area contributed by atoms with Gasteiger partial charge in [-0.25, -0.2) is 0 Å². The summed E-state index contributed by atoms with van der Waals surface area (Å²) in [6.45, 7) is 12.6. The Morgan fingerprint density at radius 2 is 1.64 bits per heavy atom. The lowest BCUT2D eigenvalue weighted by molar-refractivity contribution is 0.330. The molecule has 0 aliphatic carbocycles. The van der Waals surface area contributed by atoms with Crippen molar-refractivity contribution in [1.82, 2.24) is 5.32 Å². The molecular formula is C13H29N. The number of hydrogen-bond acceptors (Lipinski definition) is 1. The van der Waals surface area contributed by atoms with Gasteiger partial charge in [0.25, 0.3) is 0 Å². The summed E-state index contributed by atoms with van der Waals surface area (Å²) >= 11 is 0. The standard InChI is InChI=1S/C13H29N/c1-6-8-10-12(9-7-2)14-11-13(3,4)5/h12,14H,6-11H2,1-5H3. The Labute approximate surface area is 90.7 Å². The third-order valence-electron chi connectivity index (χ3n) is 2.46. The Bertz CT molecular complexity index is 124. The minimum Gasteiger partial charge on any atom is -0.313 e. The SMILES string of the molecule is CCCCC(CCC)NCC(C)(C)C. The molecule has 0 aliphatic rings. The predicted molar refractivity (Wildman–Crippen MR) is 65.7 cm³/mol. The van der Waals surface area contributed by atoms with E-state index < -0.39 is 0 Å². The minimum absolute atomic E-state index is 0.415. The van der Waals surface area contributed by atoms with Gasteiger partial charge in [-0.3, -0.25) is 0 Å². The monoisotopic (exact) mass is 199 g/mol. The van der Waals surface area contributed by atoms with Crippen LogP contribution in [-0.4, -0.2) is 12.6 Å². The summed E-state index contributed by atoms with van der Waals surface area (Å²) in [6.07, 6.45) is 6.65. The summed E-state index contributed by atoms with van der Waals surface area (Å²) in [5.41, 5.74) is 0.415. The maximum atomic E-state index is 3.70. The van der Waals surface area contributed by atoms with Crippen LogP contribution in [0.15, 0.2) is 0 Å². The summed E-state index contributed by atoms with van der Waals surface area (Å²) in [7, 11) is 0. The fourth-order valence-electron chi connectivity index (χ4n) is 1.60. The van der Waals surface area contributed by atoms with Crippen LogP contribution in [0.3, 0.4) is 0 Å². The largest absolute Gasteiger partial charge is 0.313 e. The molecule has 0 radical (unpaired) electrons. The molecule has 0 aromatic rings. The molecule has 1 nitrogen and oxygen atoms in total. The third kappa shape index (κ3) is 8.55. The van der Waals surface area contributed by atoms with Gasteiger partial charge in [-0.15, -0.1) is 0 Å². The maximum Gasteiger partial charge on any atom is 0.00671 e. The Hall–Kier alpha value is -0.0400. The lowest BCUT2D eigenvalue weighted by Gasteiger charge is -2.24. The van der Waals surface area contributed by atoms with Gasteiger partial charge in [0, 0.05) is 12.6 Å². The van der Waals surface area contributed by atoms with E-state index in [4.69, 9.17) is 0 Å². The van der Waals surface area contributed by atoms with Crippen LogP contribution in [0.5, 0.6) is 0 Å². The van der Waals surface area contributed by atoms with Crippen LogP contribution >= 0.6 is 0 Å². The van der Waals surface area contributed by atoms with Gasteiger partial charge in [0.05, 0.1) is 0 Å². The number of rotatable bonds is 7. The van der Waals surface area contributed by atoms with Crippen molar-refractivity contribution >= 4 is 0 Å². The highest BCUT2D eigenvalue weighted by molar-refractivity contribution is 4.71. The molecule has 0 fully saturated rings. The summed E-state index contributed by atoms with van der Waals surface area (Å²) in [6, 6.07) is 0.749. The number of hydrogen-bond donors (Lipinski definition) is 1. The first-order valence-electron chi connectivity index (χ1n) is 6.23. The van der Waals surface area contributed by atoms with E-state index in [9.17, 15) is 0 Å². The smallest absolute Gasteiger partial charge is 0.00671 e. The van der Waals surface area contributed by atoms with Gasteiger partial charge in [-0.05, 0) is 18.3 Å². The summed E-state index contributed by atoms with van der Waals surface area (Å²) in [4.78, 5) is 0. The Kier molecular flexibility index (Phi) is 7.26. The second kappa shape index (κ2) is 7.28. The van der Waals surface area contributed by atoms with E-state index in [1.165, 1.54) is 32.1 Å². The molecule has 0 rings (SSSR count). The lowest BCUT2D eigenvalue weighted by atomic mass is 9.95. The van der Waals surface area contributed by atoms with E-state index in [0.717, 1.165) is 12.6 Å². The molecule has 0 aromatic heterocycles. The lowest BCUT2D eigenvalue weighted by Crippen LogP contribution is -2.35. The molecule has 0 heterocycles. The first-order chi connectivity index (χ1) is 6.49. The molecule has 0 aromatic carbocycles. The van der Waals surface area contributed by atoms with Gasteiger partial charge < -0.3 is 5.32 Å². The molecule has 1 heteroatoms. The van der Waals surface area contributed by atoms with Crippen LogP contribution in [0.25, 0.3) is 0 Å². The molecular weight excluding hydrogens is 170 g/mol. The van der Waals surface area contributed by atoms with Crippen molar-refractivity contribution in [1.29, 1.82) is 0 Å². The second-order valence-electron chi connectivity index (χ2n) is 5.57. The van der Waals surface area contributed by atoms with Crippen molar-refractivity contribution in [3.8, 4) is 0 Å². The summed E-state index contributed by atoms with van der Waals surface area (Å²) in [5.74, 6) is 0. The molecule has 0 bridgehead atoms. The minimum atomic E-state index is 0.415. The van der Waals surface area contributed by atoms with Crippen LogP contribution in [-0.2, 0) is 0 Å². The van der Waals surface area contributed by atoms with Crippen LogP contribution in [0, 0.1) is 5.41 Å². The van der Waals surface area contributed by atoms with Crippen LogP contribution in [0.2, 0.25) is 0 Å². The van der Waals surface area contributed by atoms with E-state index in [-0.39, 0.29) is 0 Å². The zero-order valence-corrected chi connectivity index (χ0v) is 10.8. The fourth-order valence-corrected chi connectivity index (χ4v) is 1.60. The molecule has 1 unspecified atom stereocenters. The van der Waals surface area contributed by atoms with Crippen molar-refractivity contribution < 1.29 is 0 Å². The average molecular weight is 199 g/mol. The van der Waals surface area contributed by atoms with Crippen LogP contribution < -0.4 is 5.32 Å². The maximum absolute atomic E-state index is 3.70. The molecule has 1 N–H and O–H groups in total. The van der Waals surface area contributed by atoms with Crippen molar-refractivity contribution in [3.05, 3.63) is 0 Å². The molecule has 0 spiro atoms. The van der Waals surface area contributed by atoms with Crippen molar-refractivity contribution in [3.63, 3.8) is 0 Å². The zero-order chi connectivity index (χ0) is 11.0. The molecule has 0 amide bonds. The second-order valence-corrected chi connectivity index (χ2v) is 5.57. The van der Waals surface area contributed by atoms with Gasteiger partial charge in [-0.2, -0.15) is 0 Å². The van der Waals surface area contributed by atoms with Crippen molar-refractivity contribution in [2.24, 2.45) is 5.41 Å². The molecule has 0 aliphatic heterocycles. The highest BCUT2D eigenvalue weighted by Gasteiger charge is 2.13. The van der Waals surface area contributed by atoms with Gasteiger partial charge >= 0.3 is 0 Å². The van der Waals surface area contributed by atoms with Crippen LogP contribution in [0.4, 0.5) is 0 Å². The Morgan fingerprint density at radius 1 is 1.00 bits per heavy atom. The van der Waals surface area contributed by atoms with Crippen molar-refractivity contribution in [2.75, 3.05) is 6.54 Å². The Balaban J connectivity index is 3.72. The van der Waals surface area contributed by atoms with Gasteiger partial charge in [0.15, 0.2) is 0 Å². The number of unbranched alkanes of at least 4 members (excludes halogenated alkanes) is 1. The normalized spacial score (nSPS) is 14.4. The fraction of sp³-hybridized carbons (Fsp3) is 1.00. The highest BCUT2D eigenvalue weighted by atomic mass is 14.9. The molecule has 1 atom stereocenters. The predicted octanol–water partition coefficient (Wildman–Crippen LogP) is 3.98. The van der Waals surface area contributed by atoms with E-state index in [2.05, 4.69) is 39.9 Å². The molecule has 0 saturated carbocycles. The van der Waals surface area contributed by atoms with Crippen LogP contribution in [0.1, 0.15) is 66.7 Å². The van der Waals surface area contributed by atoms with Crippen molar-refractivity contribution in [2.45, 2.75) is 72.8 Å².